The molecule has 0 unspecified atom stereocenters. The van der Waals surface area contributed by atoms with E-state index in [2.05, 4.69) is 0 Å². The Kier molecular flexibility index (Phi) is 11.0. The number of ether oxygens (including phenoxy) is 1. The third-order valence-electron chi connectivity index (χ3n) is 10.2. The molecular weight excluding hydrogens is 680 g/mol. The van der Waals surface area contributed by atoms with Gasteiger partial charge in [-0.25, -0.2) is 4.79 Å². The normalized spacial score (nSPS) is 19.5. The summed E-state index contributed by atoms with van der Waals surface area (Å²) in [6.45, 7) is 3.00. The number of carbonyl (C=O) groups excluding carboxylic acids is 2. The minimum Gasteiger partial charge on any atom is -0.489 e. The number of aryl methyl sites for hydroxylation is 1. The van der Waals surface area contributed by atoms with E-state index in [1.54, 1.807) is 23.1 Å². The molecule has 5 rings (SSSR count). The van der Waals surface area contributed by atoms with Gasteiger partial charge in [0.1, 0.15) is 12.4 Å². The lowest BCUT2D eigenvalue weighted by Gasteiger charge is -2.47. The highest BCUT2D eigenvalue weighted by Crippen LogP contribution is 2.50. The van der Waals surface area contributed by atoms with Gasteiger partial charge in [-0.3, -0.25) is 4.79 Å². The van der Waals surface area contributed by atoms with Gasteiger partial charge >= 0.3 is 18.4 Å². The van der Waals surface area contributed by atoms with Gasteiger partial charge in [-0.2, -0.15) is 26.3 Å². The van der Waals surface area contributed by atoms with Crippen molar-refractivity contribution in [1.82, 2.24) is 14.7 Å². The number of amides is 3. The molecule has 2 heterocycles. The zero-order valence-corrected chi connectivity index (χ0v) is 28.5. The number of fused-ring (bicyclic) bond motifs is 1. The number of aliphatic hydroxyl groups is 2. The van der Waals surface area contributed by atoms with Crippen molar-refractivity contribution in [3.63, 3.8) is 0 Å². The van der Waals surface area contributed by atoms with Crippen molar-refractivity contribution in [3.05, 3.63) is 100 Å². The van der Waals surface area contributed by atoms with Crippen molar-refractivity contribution in [1.29, 1.82) is 0 Å². The Labute approximate surface area is 292 Å². The highest BCUT2D eigenvalue weighted by atomic mass is 19.4. The van der Waals surface area contributed by atoms with Crippen LogP contribution in [0.2, 0.25) is 0 Å². The number of piperazine rings is 1. The van der Waals surface area contributed by atoms with Crippen molar-refractivity contribution in [2.24, 2.45) is 5.41 Å². The number of alkyl halides is 6. The Morgan fingerprint density at radius 1 is 0.941 bits per heavy atom. The number of hydrogen-bond donors (Lipinski definition) is 2. The quantitative estimate of drug-likeness (QED) is 0.218. The van der Waals surface area contributed by atoms with Gasteiger partial charge in [-0.15, -0.1) is 0 Å². The maximum Gasteiger partial charge on any atom is 0.416 e. The van der Waals surface area contributed by atoms with Crippen molar-refractivity contribution in [2.75, 3.05) is 33.4 Å². The van der Waals surface area contributed by atoms with Gasteiger partial charge in [0.05, 0.1) is 34.7 Å². The molecule has 3 amide bonds. The number of halogens is 6. The van der Waals surface area contributed by atoms with Crippen molar-refractivity contribution in [2.45, 2.75) is 70.2 Å². The molecule has 2 aliphatic rings. The van der Waals surface area contributed by atoms with Crippen LogP contribution in [0.4, 0.5) is 31.1 Å². The summed E-state index contributed by atoms with van der Waals surface area (Å²) in [5.41, 5.74) is -2.05. The van der Waals surface area contributed by atoms with Crippen LogP contribution in [0, 0.1) is 12.3 Å². The number of rotatable bonds is 10. The monoisotopic (exact) mass is 721 g/mol. The van der Waals surface area contributed by atoms with Gasteiger partial charge < -0.3 is 29.6 Å². The second kappa shape index (κ2) is 14.7. The van der Waals surface area contributed by atoms with E-state index >= 15 is 0 Å². The summed E-state index contributed by atoms with van der Waals surface area (Å²) in [5.74, 6) is 0.303. The van der Waals surface area contributed by atoms with Gasteiger partial charge in [-0.05, 0) is 85.7 Å². The fourth-order valence-corrected chi connectivity index (χ4v) is 7.35. The molecule has 0 bridgehead atoms. The Morgan fingerprint density at radius 3 is 2.10 bits per heavy atom. The van der Waals surface area contributed by atoms with Crippen molar-refractivity contribution >= 4 is 11.9 Å². The molecule has 0 radical (unpaired) electrons. The van der Waals surface area contributed by atoms with Crippen LogP contribution < -0.4 is 4.74 Å². The minimum absolute atomic E-state index is 0.0131. The van der Waals surface area contributed by atoms with E-state index in [0.717, 1.165) is 16.0 Å². The molecular formula is C37H41F6N3O5. The Bertz CT molecular complexity index is 1680. The highest BCUT2D eigenvalue weighted by Gasteiger charge is 2.56. The Morgan fingerprint density at radius 2 is 1.55 bits per heavy atom. The average molecular weight is 722 g/mol. The molecule has 2 fully saturated rings. The van der Waals surface area contributed by atoms with Gasteiger partial charge in [-0.1, -0.05) is 36.4 Å². The molecule has 3 atom stereocenters. The van der Waals surface area contributed by atoms with Crippen LogP contribution >= 0.6 is 0 Å². The highest BCUT2D eigenvalue weighted by molar-refractivity contribution is 5.86. The first-order valence-electron chi connectivity index (χ1n) is 16.6. The number of hydrogen-bond acceptors (Lipinski definition) is 5. The number of benzene rings is 3. The number of carbonyl (C=O) groups is 2. The topological polar surface area (TPSA) is 93.5 Å². The number of nitrogens with zero attached hydrogens (tertiary/aromatic N) is 3. The third-order valence-corrected chi connectivity index (χ3v) is 10.2. The molecule has 0 saturated carbocycles. The predicted octanol–water partition coefficient (Wildman–Crippen LogP) is 7.13. The number of urea groups is 1. The van der Waals surface area contributed by atoms with E-state index in [1.165, 1.54) is 18.9 Å². The largest absolute Gasteiger partial charge is 0.489 e. The zero-order chi connectivity index (χ0) is 37.3. The fourth-order valence-electron chi connectivity index (χ4n) is 7.35. The maximum absolute atomic E-state index is 14.4. The maximum atomic E-state index is 14.4. The van der Waals surface area contributed by atoms with Gasteiger partial charge in [0, 0.05) is 33.4 Å². The molecule has 3 aromatic carbocycles. The lowest BCUT2D eigenvalue weighted by atomic mass is 9.77. The molecule has 276 valence electrons. The lowest BCUT2D eigenvalue weighted by molar-refractivity contribution is -0.143. The molecule has 2 saturated heterocycles. The first-order chi connectivity index (χ1) is 24.0. The van der Waals surface area contributed by atoms with Crippen LogP contribution in [-0.2, 0) is 23.8 Å². The first-order valence-corrected chi connectivity index (χ1v) is 16.6. The SMILES string of the molecule is Cc1cc(OCc2ccccc2)ccc1[C@H]1[C@@H]2CC(CCO)(CCO)C(=O)N2CCN1C(=O)N(C)[C@H](C)c1cc(C(F)(F)F)cc(C(F)(F)F)c1. The summed E-state index contributed by atoms with van der Waals surface area (Å²) < 4.78 is 88.1. The van der Waals surface area contributed by atoms with E-state index in [-0.39, 0.29) is 63.1 Å². The van der Waals surface area contributed by atoms with Crippen LogP contribution in [0.3, 0.4) is 0 Å². The van der Waals surface area contributed by atoms with E-state index in [0.29, 0.717) is 30.1 Å². The standard InChI is InChI=1S/C37H41F6N3O5/c1-23-17-29(51-22-25-7-5-4-6-8-25)9-10-30(23)32-31-21-35(11-15-47,12-16-48)33(49)45(31)13-14-46(32)34(50)44(3)24(2)26-18-27(36(38,39)40)20-28(19-26)37(41,42)43/h4-10,17-20,24,31-32,47-48H,11-16,21-22H2,1-3H3/t24-,31+,32+/m1/s1. The third kappa shape index (κ3) is 7.81. The molecule has 14 heteroatoms. The minimum atomic E-state index is -5.06. The molecule has 0 spiro atoms. The molecule has 51 heavy (non-hydrogen) atoms. The summed E-state index contributed by atoms with van der Waals surface area (Å²) in [7, 11) is 1.32. The second-order valence-corrected chi connectivity index (χ2v) is 13.3. The number of aliphatic hydroxyl groups excluding tert-OH is 2. The van der Waals surface area contributed by atoms with Gasteiger partial charge in [0.2, 0.25) is 5.91 Å². The van der Waals surface area contributed by atoms with Crippen molar-refractivity contribution in [3.8, 4) is 5.75 Å². The smallest absolute Gasteiger partial charge is 0.416 e. The van der Waals surface area contributed by atoms with Crippen molar-refractivity contribution < 1.29 is 50.9 Å². The molecule has 8 nitrogen and oxygen atoms in total. The van der Waals surface area contributed by atoms with Crippen LogP contribution in [0.5, 0.6) is 5.75 Å². The average Bonchev–Trinajstić information content (AvgIpc) is 3.36. The zero-order valence-electron chi connectivity index (χ0n) is 28.5. The fraction of sp³-hybridized carbons (Fsp3) is 0.459. The van der Waals surface area contributed by atoms with E-state index in [9.17, 15) is 46.1 Å². The summed E-state index contributed by atoms with van der Waals surface area (Å²) in [5, 5.41) is 19.8. The van der Waals surface area contributed by atoms with Gasteiger partial charge in [0.15, 0.2) is 0 Å². The lowest BCUT2D eigenvalue weighted by Crippen LogP contribution is -2.57. The van der Waals surface area contributed by atoms with Crippen LogP contribution in [0.15, 0.2) is 66.7 Å². The van der Waals surface area contributed by atoms with E-state index < -0.39 is 53.1 Å². The van der Waals surface area contributed by atoms with Crippen LogP contribution in [0.1, 0.15) is 71.7 Å². The van der Waals surface area contributed by atoms with Crippen LogP contribution in [-0.4, -0.2) is 76.2 Å². The summed E-state index contributed by atoms with van der Waals surface area (Å²) in [6, 6.07) is 12.9. The van der Waals surface area contributed by atoms with Gasteiger partial charge in [0.25, 0.3) is 0 Å². The molecule has 2 aliphatic heterocycles. The molecule has 2 N–H and O–H groups in total. The predicted molar refractivity (Wildman–Crippen MR) is 175 cm³/mol. The van der Waals surface area contributed by atoms with E-state index in [4.69, 9.17) is 4.74 Å². The van der Waals surface area contributed by atoms with Crippen LogP contribution in [0.25, 0.3) is 0 Å². The first kappa shape index (κ1) is 37.9. The second-order valence-electron chi connectivity index (χ2n) is 13.3. The summed E-state index contributed by atoms with van der Waals surface area (Å²) >= 11 is 0. The Hall–Kier alpha value is -4.30. The molecule has 0 aromatic heterocycles. The molecule has 3 aromatic rings. The van der Waals surface area contributed by atoms with E-state index in [1.807, 2.05) is 37.3 Å². The summed E-state index contributed by atoms with van der Waals surface area (Å²) in [6.07, 6.45) is -9.72. The summed E-state index contributed by atoms with van der Waals surface area (Å²) in [4.78, 5) is 32.5. The molecule has 0 aliphatic carbocycles. The Balaban J connectivity index is 1.52.